The van der Waals surface area contributed by atoms with Crippen molar-refractivity contribution >= 4 is 22.6 Å². The first-order valence-corrected chi connectivity index (χ1v) is 12.5. The summed E-state index contributed by atoms with van der Waals surface area (Å²) in [4.78, 5) is 20.4. The first kappa shape index (κ1) is 24.9. The predicted octanol–water partition coefficient (Wildman–Crippen LogP) is 5.59. The van der Waals surface area contributed by atoms with Crippen LogP contribution in [0.5, 0.6) is 0 Å². The molecule has 5 rings (SSSR count). The van der Waals surface area contributed by atoms with Crippen LogP contribution in [0.15, 0.2) is 78.9 Å². The molecular weight excluding hydrogens is 467 g/mol. The molecule has 1 aromatic heterocycles. The van der Waals surface area contributed by atoms with Gasteiger partial charge in [-0.05, 0) is 30.2 Å². The Hall–Kier alpha value is -3.81. The lowest BCUT2D eigenvalue weighted by Crippen LogP contribution is -2.42. The molecule has 2 N–H and O–H groups in total. The maximum atomic E-state index is 14.3. The number of urea groups is 1. The Morgan fingerprint density at radius 1 is 1.05 bits per heavy atom. The molecule has 0 radical (unpaired) electrons. The molecule has 1 fully saturated rings. The normalized spacial score (nSPS) is 17.7. The van der Waals surface area contributed by atoms with E-state index in [1.54, 1.807) is 20.1 Å². The van der Waals surface area contributed by atoms with E-state index in [2.05, 4.69) is 27.7 Å². The number of carbonyl (C=O) groups excluding carboxylic acids is 1. The summed E-state index contributed by atoms with van der Waals surface area (Å²) in [5.74, 6) is -0.138. The summed E-state index contributed by atoms with van der Waals surface area (Å²) in [6, 6.07) is 24.6. The van der Waals surface area contributed by atoms with Crippen molar-refractivity contribution in [2.24, 2.45) is 0 Å². The quantitative estimate of drug-likeness (QED) is 0.349. The number of methoxy groups -OCH3 is 1. The Labute approximate surface area is 216 Å². The van der Waals surface area contributed by atoms with Gasteiger partial charge in [-0.25, -0.2) is 14.2 Å². The van der Waals surface area contributed by atoms with Crippen LogP contribution in [0.2, 0.25) is 0 Å². The lowest BCUT2D eigenvalue weighted by molar-refractivity contribution is 0.159. The molecule has 0 unspecified atom stereocenters. The Morgan fingerprint density at radius 2 is 1.78 bits per heavy atom. The molecular formula is C30H31FN4O2. The molecule has 7 heteroatoms. The lowest BCUT2D eigenvalue weighted by Gasteiger charge is -2.21. The highest BCUT2D eigenvalue weighted by Gasteiger charge is 2.34. The van der Waals surface area contributed by atoms with Crippen molar-refractivity contribution in [3.05, 3.63) is 95.8 Å². The molecule has 37 heavy (non-hydrogen) atoms. The summed E-state index contributed by atoms with van der Waals surface area (Å²) in [5.41, 5.74) is 4.29. The van der Waals surface area contributed by atoms with Crippen LogP contribution in [0.4, 0.5) is 14.9 Å². The third-order valence-electron chi connectivity index (χ3n) is 6.94. The number of nitrogens with one attached hydrogen (secondary N) is 2. The standard InChI is InChI=1S/C30H31FN4O2/c1-20-15-23-16-27(29(22-11-7-4-8-12-22)32-26(23)17-25(20)31)33-30(36)34-28-19-35(13-14-37-2)18-24(28)21-9-5-3-6-10-21/h3-12,15-17,24,28H,13-14,18-19H2,1-2H3,(H2,33,34,36)/t24-,28+/m0/s1. The SMILES string of the molecule is COCCN1C[C@@H](NC(=O)Nc2cc3cc(C)c(F)cc3nc2-c2ccccc2)[C@H](c2ccccc2)C1. The van der Waals surface area contributed by atoms with Gasteiger partial charge in [0.05, 0.1) is 29.5 Å². The van der Waals surface area contributed by atoms with Crippen LogP contribution in [0.25, 0.3) is 22.2 Å². The second-order valence-electron chi connectivity index (χ2n) is 9.52. The van der Waals surface area contributed by atoms with Gasteiger partial charge in [0.1, 0.15) is 5.82 Å². The van der Waals surface area contributed by atoms with Crippen molar-refractivity contribution in [2.75, 3.05) is 38.7 Å². The summed E-state index contributed by atoms with van der Waals surface area (Å²) in [6.07, 6.45) is 0. The fourth-order valence-corrected chi connectivity index (χ4v) is 5.02. The summed E-state index contributed by atoms with van der Waals surface area (Å²) in [5, 5.41) is 7.02. The number of rotatable bonds is 7. The Kier molecular flexibility index (Phi) is 7.44. The van der Waals surface area contributed by atoms with Crippen molar-refractivity contribution < 1.29 is 13.9 Å². The van der Waals surface area contributed by atoms with Crippen molar-refractivity contribution in [1.29, 1.82) is 0 Å². The molecule has 0 spiro atoms. The van der Waals surface area contributed by atoms with Crippen molar-refractivity contribution in [3.63, 3.8) is 0 Å². The van der Waals surface area contributed by atoms with Crippen LogP contribution in [0.3, 0.4) is 0 Å². The van der Waals surface area contributed by atoms with Gasteiger partial charge in [-0.2, -0.15) is 0 Å². The van der Waals surface area contributed by atoms with Crippen LogP contribution in [-0.2, 0) is 4.74 Å². The van der Waals surface area contributed by atoms with Crippen molar-refractivity contribution in [2.45, 2.75) is 18.9 Å². The molecule has 1 aliphatic heterocycles. The van der Waals surface area contributed by atoms with E-state index in [1.165, 1.54) is 11.6 Å². The highest BCUT2D eigenvalue weighted by Crippen LogP contribution is 2.31. The number of nitrogens with zero attached hydrogens (tertiary/aromatic N) is 2. The van der Waals surface area contributed by atoms with Gasteiger partial charge in [-0.15, -0.1) is 0 Å². The molecule has 3 aromatic carbocycles. The minimum Gasteiger partial charge on any atom is -0.383 e. The minimum atomic E-state index is -0.302. The predicted molar refractivity (Wildman–Crippen MR) is 145 cm³/mol. The van der Waals surface area contributed by atoms with E-state index in [0.29, 0.717) is 29.1 Å². The molecule has 0 saturated carbocycles. The van der Waals surface area contributed by atoms with Crippen LogP contribution < -0.4 is 10.6 Å². The molecule has 4 aromatic rings. The lowest BCUT2D eigenvalue weighted by atomic mass is 9.94. The van der Waals surface area contributed by atoms with Crippen molar-refractivity contribution in [3.8, 4) is 11.3 Å². The zero-order chi connectivity index (χ0) is 25.8. The van der Waals surface area contributed by atoms with Crippen LogP contribution in [0.1, 0.15) is 17.0 Å². The van der Waals surface area contributed by atoms with E-state index in [4.69, 9.17) is 9.72 Å². The number of aryl methyl sites for hydroxylation is 1. The number of ether oxygens (including phenoxy) is 1. The second-order valence-corrected chi connectivity index (χ2v) is 9.52. The zero-order valence-corrected chi connectivity index (χ0v) is 21.1. The largest absolute Gasteiger partial charge is 0.383 e. The number of amides is 2. The number of hydrogen-bond donors (Lipinski definition) is 2. The van der Waals surface area contributed by atoms with E-state index in [0.717, 1.165) is 30.6 Å². The Balaban J connectivity index is 1.42. The van der Waals surface area contributed by atoms with Gasteiger partial charge in [0.2, 0.25) is 0 Å². The van der Waals surface area contributed by atoms with Gasteiger partial charge in [0.15, 0.2) is 0 Å². The molecule has 190 valence electrons. The third-order valence-corrected chi connectivity index (χ3v) is 6.94. The molecule has 2 amide bonds. The fourth-order valence-electron chi connectivity index (χ4n) is 5.02. The van der Waals surface area contributed by atoms with Crippen molar-refractivity contribution in [1.82, 2.24) is 15.2 Å². The topological polar surface area (TPSA) is 66.5 Å². The van der Waals surface area contributed by atoms with E-state index < -0.39 is 0 Å². The molecule has 2 atom stereocenters. The highest BCUT2D eigenvalue weighted by atomic mass is 19.1. The molecule has 0 bridgehead atoms. The number of halogens is 1. The van der Waals surface area contributed by atoms with E-state index in [-0.39, 0.29) is 23.8 Å². The minimum absolute atomic E-state index is 0.0656. The Bertz CT molecular complexity index is 1380. The highest BCUT2D eigenvalue weighted by molar-refractivity contribution is 5.98. The maximum absolute atomic E-state index is 14.3. The van der Waals surface area contributed by atoms with E-state index in [9.17, 15) is 9.18 Å². The maximum Gasteiger partial charge on any atom is 0.319 e. The molecule has 0 aliphatic carbocycles. The summed E-state index contributed by atoms with van der Waals surface area (Å²) in [7, 11) is 1.70. The average molecular weight is 499 g/mol. The second kappa shape index (κ2) is 11.1. The summed E-state index contributed by atoms with van der Waals surface area (Å²) < 4.78 is 19.5. The summed E-state index contributed by atoms with van der Waals surface area (Å²) in [6.45, 7) is 4.75. The van der Waals surface area contributed by atoms with E-state index in [1.807, 2.05) is 54.6 Å². The first-order valence-electron chi connectivity index (χ1n) is 12.5. The molecule has 6 nitrogen and oxygen atoms in total. The number of aromatic nitrogens is 1. The van der Waals surface area contributed by atoms with Gasteiger partial charge in [-0.3, -0.25) is 4.90 Å². The van der Waals surface area contributed by atoms with Crippen LogP contribution >= 0.6 is 0 Å². The third kappa shape index (κ3) is 5.63. The number of likely N-dealkylation sites (tertiary alicyclic amines) is 1. The number of carbonyl (C=O) groups is 1. The molecule has 2 heterocycles. The molecule has 1 aliphatic rings. The zero-order valence-electron chi connectivity index (χ0n) is 21.1. The average Bonchev–Trinajstić information content (AvgIpc) is 3.31. The van der Waals surface area contributed by atoms with Gasteiger partial charge < -0.3 is 15.4 Å². The first-order chi connectivity index (χ1) is 18.0. The fraction of sp³-hybridized carbons (Fsp3) is 0.267. The number of anilines is 1. The van der Waals surface area contributed by atoms with Crippen LogP contribution in [-0.4, -0.2) is 55.3 Å². The molecule has 1 saturated heterocycles. The number of fused-ring (bicyclic) bond motifs is 1. The van der Waals surface area contributed by atoms with Gasteiger partial charge in [0, 0.05) is 49.7 Å². The van der Waals surface area contributed by atoms with Gasteiger partial charge in [0.25, 0.3) is 0 Å². The van der Waals surface area contributed by atoms with E-state index >= 15 is 0 Å². The van der Waals surface area contributed by atoms with Gasteiger partial charge >= 0.3 is 6.03 Å². The number of hydrogen-bond acceptors (Lipinski definition) is 4. The van der Waals surface area contributed by atoms with Crippen LogP contribution in [0, 0.1) is 12.7 Å². The van der Waals surface area contributed by atoms with Gasteiger partial charge in [-0.1, -0.05) is 60.7 Å². The number of pyridine rings is 1. The smallest absolute Gasteiger partial charge is 0.319 e. The summed E-state index contributed by atoms with van der Waals surface area (Å²) >= 11 is 0. The number of benzene rings is 3. The Morgan fingerprint density at radius 3 is 2.51 bits per heavy atom. The monoisotopic (exact) mass is 498 g/mol.